The zero-order valence-electron chi connectivity index (χ0n) is 9.15. The number of guanidine groups is 1. The Labute approximate surface area is 91.0 Å². The summed E-state index contributed by atoms with van der Waals surface area (Å²) in [5, 5.41) is 12.8. The molecule has 0 heterocycles. The molecule has 0 aromatic heterocycles. The lowest BCUT2D eigenvalue weighted by atomic mass is 10.2. The summed E-state index contributed by atoms with van der Waals surface area (Å²) >= 11 is 0. The fraction of sp³-hybridized carbons (Fsp3) is 0.909. The number of nitrogens with one attached hydrogen (secondary N) is 1. The van der Waals surface area contributed by atoms with Crippen LogP contribution in [0, 0.1) is 5.92 Å². The van der Waals surface area contributed by atoms with Crippen LogP contribution in [0.15, 0.2) is 4.99 Å². The molecular weight excluding hydrogens is 190 g/mol. The average Bonchev–Trinajstić information content (AvgIpc) is 2.95. The first-order chi connectivity index (χ1) is 7.25. The Balaban J connectivity index is 1.68. The van der Waals surface area contributed by atoms with Crippen molar-refractivity contribution in [1.82, 2.24) is 5.32 Å². The molecule has 0 spiro atoms. The van der Waals surface area contributed by atoms with Crippen molar-refractivity contribution in [2.75, 3.05) is 6.54 Å². The Morgan fingerprint density at radius 2 is 2.00 bits per heavy atom. The van der Waals surface area contributed by atoms with E-state index in [2.05, 4.69) is 10.3 Å². The Bertz CT molecular complexity index is 232. The molecule has 0 amide bonds. The molecule has 0 aromatic carbocycles. The maximum atomic E-state index is 9.61. The molecule has 2 fully saturated rings. The second-order valence-electron chi connectivity index (χ2n) is 4.76. The van der Waals surface area contributed by atoms with Crippen molar-refractivity contribution in [2.24, 2.45) is 16.6 Å². The van der Waals surface area contributed by atoms with Crippen LogP contribution in [0.25, 0.3) is 0 Å². The van der Waals surface area contributed by atoms with Gasteiger partial charge in [-0.1, -0.05) is 12.8 Å². The van der Waals surface area contributed by atoms with E-state index in [1.807, 2.05) is 0 Å². The van der Waals surface area contributed by atoms with Gasteiger partial charge in [-0.25, -0.2) is 0 Å². The SMILES string of the molecule is NC(=NCC(O)C1CC1)NC1CCCC1. The van der Waals surface area contributed by atoms with Crippen LogP contribution in [0.3, 0.4) is 0 Å². The minimum Gasteiger partial charge on any atom is -0.391 e. The molecule has 2 rings (SSSR count). The molecule has 2 aliphatic carbocycles. The molecule has 0 saturated heterocycles. The lowest BCUT2D eigenvalue weighted by Crippen LogP contribution is -2.39. The van der Waals surface area contributed by atoms with Crippen molar-refractivity contribution in [3.05, 3.63) is 0 Å². The first-order valence-electron chi connectivity index (χ1n) is 6.00. The predicted molar refractivity (Wildman–Crippen MR) is 60.6 cm³/mol. The van der Waals surface area contributed by atoms with Gasteiger partial charge in [-0.15, -0.1) is 0 Å². The summed E-state index contributed by atoms with van der Waals surface area (Å²) in [5.74, 6) is 0.981. The van der Waals surface area contributed by atoms with Crippen LogP contribution in [0.4, 0.5) is 0 Å². The molecule has 4 N–H and O–H groups in total. The van der Waals surface area contributed by atoms with Gasteiger partial charge in [0.25, 0.3) is 0 Å². The van der Waals surface area contributed by atoms with E-state index in [1.54, 1.807) is 0 Å². The highest BCUT2D eigenvalue weighted by atomic mass is 16.3. The summed E-state index contributed by atoms with van der Waals surface area (Å²) in [4.78, 5) is 4.18. The molecule has 4 heteroatoms. The van der Waals surface area contributed by atoms with Crippen LogP contribution in [0.1, 0.15) is 38.5 Å². The number of aliphatic hydroxyl groups is 1. The molecule has 0 bridgehead atoms. The Hall–Kier alpha value is -0.770. The Morgan fingerprint density at radius 1 is 1.33 bits per heavy atom. The fourth-order valence-corrected chi connectivity index (χ4v) is 2.15. The highest BCUT2D eigenvalue weighted by Crippen LogP contribution is 2.32. The van der Waals surface area contributed by atoms with E-state index in [-0.39, 0.29) is 6.10 Å². The van der Waals surface area contributed by atoms with Gasteiger partial charge in [0.2, 0.25) is 0 Å². The lowest BCUT2D eigenvalue weighted by Gasteiger charge is -2.13. The summed E-state index contributed by atoms with van der Waals surface area (Å²) in [5.41, 5.74) is 5.75. The fourth-order valence-electron chi connectivity index (χ4n) is 2.15. The number of aliphatic imine (C=N–C) groups is 1. The third kappa shape index (κ3) is 3.38. The molecule has 2 saturated carbocycles. The average molecular weight is 211 g/mol. The summed E-state index contributed by atoms with van der Waals surface area (Å²) in [6.07, 6.45) is 6.97. The standard InChI is InChI=1S/C11H21N3O/c12-11(14-9-3-1-2-4-9)13-7-10(15)8-5-6-8/h8-10,15H,1-7H2,(H3,12,13,14). The van der Waals surface area contributed by atoms with Crippen molar-refractivity contribution in [1.29, 1.82) is 0 Å². The zero-order chi connectivity index (χ0) is 10.7. The summed E-state index contributed by atoms with van der Waals surface area (Å²) in [7, 11) is 0. The smallest absolute Gasteiger partial charge is 0.188 e. The van der Waals surface area contributed by atoms with Crippen LogP contribution in [0.2, 0.25) is 0 Å². The number of aliphatic hydroxyl groups excluding tert-OH is 1. The Morgan fingerprint density at radius 3 is 2.60 bits per heavy atom. The topological polar surface area (TPSA) is 70.6 Å². The van der Waals surface area contributed by atoms with Crippen molar-refractivity contribution in [3.63, 3.8) is 0 Å². The number of nitrogens with two attached hydrogens (primary N) is 1. The van der Waals surface area contributed by atoms with Crippen molar-refractivity contribution in [2.45, 2.75) is 50.7 Å². The quantitative estimate of drug-likeness (QED) is 0.471. The van der Waals surface area contributed by atoms with Gasteiger partial charge in [0.05, 0.1) is 12.6 Å². The first-order valence-corrected chi connectivity index (χ1v) is 6.00. The monoisotopic (exact) mass is 211 g/mol. The molecule has 15 heavy (non-hydrogen) atoms. The van der Waals surface area contributed by atoms with Gasteiger partial charge in [-0.05, 0) is 31.6 Å². The van der Waals surface area contributed by atoms with E-state index in [9.17, 15) is 5.11 Å². The van der Waals surface area contributed by atoms with Gasteiger partial charge in [-0.2, -0.15) is 0 Å². The van der Waals surface area contributed by atoms with E-state index in [0.29, 0.717) is 24.5 Å². The maximum Gasteiger partial charge on any atom is 0.188 e. The van der Waals surface area contributed by atoms with E-state index in [4.69, 9.17) is 5.73 Å². The minimum atomic E-state index is -0.283. The van der Waals surface area contributed by atoms with Crippen molar-refractivity contribution < 1.29 is 5.11 Å². The van der Waals surface area contributed by atoms with E-state index in [0.717, 1.165) is 12.8 Å². The van der Waals surface area contributed by atoms with E-state index >= 15 is 0 Å². The molecule has 1 unspecified atom stereocenters. The highest BCUT2D eigenvalue weighted by Gasteiger charge is 2.29. The summed E-state index contributed by atoms with van der Waals surface area (Å²) < 4.78 is 0. The summed E-state index contributed by atoms with van der Waals surface area (Å²) in [6, 6.07) is 0.506. The number of nitrogens with zero attached hydrogens (tertiary/aromatic N) is 1. The maximum absolute atomic E-state index is 9.61. The van der Waals surface area contributed by atoms with Crippen LogP contribution >= 0.6 is 0 Å². The molecule has 2 aliphatic rings. The third-order valence-electron chi connectivity index (χ3n) is 3.32. The predicted octanol–water partition coefficient (Wildman–Crippen LogP) is 0.604. The molecule has 0 aliphatic heterocycles. The molecule has 86 valence electrons. The molecule has 1 atom stereocenters. The highest BCUT2D eigenvalue weighted by molar-refractivity contribution is 5.78. The summed E-state index contributed by atoms with van der Waals surface area (Å²) in [6.45, 7) is 0.455. The van der Waals surface area contributed by atoms with E-state index < -0.39 is 0 Å². The lowest BCUT2D eigenvalue weighted by molar-refractivity contribution is 0.160. The van der Waals surface area contributed by atoms with Crippen LogP contribution in [0.5, 0.6) is 0 Å². The van der Waals surface area contributed by atoms with Crippen LogP contribution in [-0.4, -0.2) is 29.8 Å². The van der Waals surface area contributed by atoms with Gasteiger partial charge < -0.3 is 16.2 Å². The van der Waals surface area contributed by atoms with Crippen molar-refractivity contribution in [3.8, 4) is 0 Å². The molecule has 4 nitrogen and oxygen atoms in total. The second kappa shape index (κ2) is 4.84. The number of hydrogen-bond donors (Lipinski definition) is 3. The minimum absolute atomic E-state index is 0.283. The third-order valence-corrected chi connectivity index (χ3v) is 3.32. The largest absolute Gasteiger partial charge is 0.391 e. The second-order valence-corrected chi connectivity index (χ2v) is 4.76. The molecular formula is C11H21N3O. The van der Waals surface area contributed by atoms with Crippen LogP contribution in [-0.2, 0) is 0 Å². The zero-order valence-corrected chi connectivity index (χ0v) is 9.15. The van der Waals surface area contributed by atoms with Gasteiger partial charge >= 0.3 is 0 Å². The van der Waals surface area contributed by atoms with Crippen molar-refractivity contribution >= 4 is 5.96 Å². The van der Waals surface area contributed by atoms with E-state index in [1.165, 1.54) is 25.7 Å². The van der Waals surface area contributed by atoms with Gasteiger partial charge in [0.15, 0.2) is 5.96 Å². The molecule has 0 radical (unpaired) electrons. The Kier molecular flexibility index (Phi) is 3.46. The number of hydrogen-bond acceptors (Lipinski definition) is 2. The van der Waals surface area contributed by atoms with Gasteiger partial charge in [0, 0.05) is 6.04 Å². The number of rotatable bonds is 4. The first kappa shape index (κ1) is 10.7. The molecule has 0 aromatic rings. The normalized spacial score (nSPS) is 25.5. The van der Waals surface area contributed by atoms with Gasteiger partial charge in [0.1, 0.15) is 0 Å². The van der Waals surface area contributed by atoms with Gasteiger partial charge in [-0.3, -0.25) is 4.99 Å². The van der Waals surface area contributed by atoms with Crippen LogP contribution < -0.4 is 11.1 Å².